The highest BCUT2D eigenvalue weighted by Gasteiger charge is 2.07. The molecule has 116 valence electrons. The molecule has 0 saturated carbocycles. The van der Waals surface area contributed by atoms with Crippen molar-refractivity contribution in [2.24, 2.45) is 0 Å². The van der Waals surface area contributed by atoms with Crippen molar-refractivity contribution in [3.05, 3.63) is 65.5 Å². The van der Waals surface area contributed by atoms with Crippen molar-refractivity contribution in [1.82, 2.24) is 10.3 Å². The predicted octanol–water partition coefficient (Wildman–Crippen LogP) is 2.43. The molecule has 0 bridgehead atoms. The minimum atomic E-state index is -0.435. The number of carbonyl (C=O) groups is 1. The maximum atomic E-state index is 11.3. The second-order valence-corrected chi connectivity index (χ2v) is 5.36. The topological polar surface area (TPSA) is 62.2 Å². The van der Waals surface area contributed by atoms with Crippen LogP contribution in [0.2, 0.25) is 0 Å². The molecule has 1 amide bonds. The first-order chi connectivity index (χ1) is 10.7. The molecule has 1 atom stereocenters. The van der Waals surface area contributed by atoms with E-state index < -0.39 is 6.10 Å². The number of hydrogen-bond donors (Lipinski definition) is 2. The summed E-state index contributed by atoms with van der Waals surface area (Å²) in [5.74, 6) is 0.0215. The van der Waals surface area contributed by atoms with Crippen LogP contribution in [-0.4, -0.2) is 23.0 Å². The minimum absolute atomic E-state index is 0.0215. The normalized spacial score (nSPS) is 11.9. The third-order valence-electron chi connectivity index (χ3n) is 3.70. The first-order valence-electron chi connectivity index (χ1n) is 7.55. The smallest absolute Gasteiger partial charge is 0.224 e. The monoisotopic (exact) mass is 298 g/mol. The Morgan fingerprint density at radius 1 is 1.14 bits per heavy atom. The van der Waals surface area contributed by atoms with E-state index in [-0.39, 0.29) is 5.91 Å². The van der Waals surface area contributed by atoms with E-state index in [9.17, 15) is 9.90 Å². The van der Waals surface area contributed by atoms with Gasteiger partial charge >= 0.3 is 0 Å². The van der Waals surface area contributed by atoms with Gasteiger partial charge in [0.2, 0.25) is 5.91 Å². The van der Waals surface area contributed by atoms with Crippen molar-refractivity contribution < 1.29 is 9.90 Å². The van der Waals surface area contributed by atoms with Gasteiger partial charge in [0.05, 0.1) is 12.5 Å². The number of pyridine rings is 1. The van der Waals surface area contributed by atoms with Crippen LogP contribution in [0.25, 0.3) is 0 Å². The molecule has 0 fully saturated rings. The Hall–Kier alpha value is -2.20. The van der Waals surface area contributed by atoms with E-state index in [2.05, 4.69) is 22.4 Å². The summed E-state index contributed by atoms with van der Waals surface area (Å²) in [6.07, 6.45) is 5.94. The number of rotatable bonds is 7. The number of aromatic nitrogens is 1. The number of hydrogen-bond acceptors (Lipinski definition) is 3. The van der Waals surface area contributed by atoms with E-state index in [1.165, 1.54) is 5.56 Å². The lowest BCUT2D eigenvalue weighted by Gasteiger charge is -2.10. The summed E-state index contributed by atoms with van der Waals surface area (Å²) in [7, 11) is 1.64. The highest BCUT2D eigenvalue weighted by molar-refractivity contribution is 5.78. The average molecular weight is 298 g/mol. The largest absolute Gasteiger partial charge is 0.388 e. The van der Waals surface area contributed by atoms with Crippen LogP contribution in [0.5, 0.6) is 0 Å². The van der Waals surface area contributed by atoms with Crippen molar-refractivity contribution in [3.8, 4) is 0 Å². The molecule has 2 rings (SSSR count). The zero-order valence-corrected chi connectivity index (χ0v) is 12.8. The molecule has 4 nitrogen and oxygen atoms in total. The Labute approximate surface area is 131 Å². The first kappa shape index (κ1) is 16.2. The molecule has 0 aliphatic rings. The van der Waals surface area contributed by atoms with Crippen LogP contribution in [0.4, 0.5) is 0 Å². The van der Waals surface area contributed by atoms with Gasteiger partial charge in [0, 0.05) is 19.4 Å². The lowest BCUT2D eigenvalue weighted by molar-refractivity contribution is -0.119. The number of amides is 1. The molecule has 0 saturated heterocycles. The van der Waals surface area contributed by atoms with Gasteiger partial charge in [0.1, 0.15) is 0 Å². The Morgan fingerprint density at radius 3 is 2.41 bits per heavy atom. The molecule has 0 spiro atoms. The van der Waals surface area contributed by atoms with Crippen LogP contribution < -0.4 is 5.32 Å². The van der Waals surface area contributed by atoms with Crippen LogP contribution in [-0.2, 0) is 17.6 Å². The molecule has 0 radical (unpaired) electrons. The Morgan fingerprint density at radius 2 is 1.77 bits per heavy atom. The van der Waals surface area contributed by atoms with Crippen LogP contribution in [0.1, 0.15) is 35.6 Å². The summed E-state index contributed by atoms with van der Waals surface area (Å²) < 4.78 is 0. The summed E-state index contributed by atoms with van der Waals surface area (Å²) in [6.45, 7) is 0. The summed E-state index contributed by atoms with van der Waals surface area (Å²) in [5, 5.41) is 12.7. The third kappa shape index (κ3) is 4.97. The molecule has 1 unspecified atom stereocenters. The number of aliphatic hydroxyl groups excluding tert-OH is 1. The van der Waals surface area contributed by atoms with Crippen molar-refractivity contribution in [2.75, 3.05) is 7.05 Å². The molecule has 1 heterocycles. The maximum absolute atomic E-state index is 11.3. The van der Waals surface area contributed by atoms with Gasteiger partial charge in [0.15, 0.2) is 0 Å². The Kier molecular flexibility index (Phi) is 6.10. The molecule has 2 N–H and O–H groups in total. The van der Waals surface area contributed by atoms with Crippen LogP contribution in [0.3, 0.4) is 0 Å². The number of benzene rings is 1. The lowest BCUT2D eigenvalue weighted by atomic mass is 10.0. The van der Waals surface area contributed by atoms with E-state index in [4.69, 9.17) is 0 Å². The number of carbonyl (C=O) groups excluding carboxylic acids is 1. The highest BCUT2D eigenvalue weighted by atomic mass is 16.3. The number of likely N-dealkylation sites (N-methyl/N-ethyl adjacent to an activating group) is 1. The second kappa shape index (κ2) is 8.29. The summed E-state index contributed by atoms with van der Waals surface area (Å²) >= 11 is 0. The van der Waals surface area contributed by atoms with Crippen molar-refractivity contribution in [1.29, 1.82) is 0 Å². The van der Waals surface area contributed by atoms with Crippen LogP contribution >= 0.6 is 0 Å². The summed E-state index contributed by atoms with van der Waals surface area (Å²) in [6, 6.07) is 11.8. The zero-order valence-electron chi connectivity index (χ0n) is 12.8. The highest BCUT2D eigenvalue weighted by Crippen LogP contribution is 2.18. The molecule has 4 heteroatoms. The fourth-order valence-electron chi connectivity index (χ4n) is 2.35. The maximum Gasteiger partial charge on any atom is 0.224 e. The summed E-state index contributed by atoms with van der Waals surface area (Å²) in [5.41, 5.74) is 3.15. The van der Waals surface area contributed by atoms with E-state index in [1.54, 1.807) is 19.4 Å². The SMILES string of the molecule is CNC(=O)Cc1ccc(CCCC(O)c2ccncc2)cc1. The molecule has 22 heavy (non-hydrogen) atoms. The number of nitrogens with zero attached hydrogens (tertiary/aromatic N) is 1. The number of aliphatic hydroxyl groups is 1. The molecule has 1 aromatic carbocycles. The summed E-state index contributed by atoms with van der Waals surface area (Å²) in [4.78, 5) is 15.3. The van der Waals surface area contributed by atoms with Gasteiger partial charge in [-0.2, -0.15) is 0 Å². The zero-order chi connectivity index (χ0) is 15.8. The Bertz CT molecular complexity index is 582. The van der Waals surface area contributed by atoms with Gasteiger partial charge in [0.25, 0.3) is 0 Å². The van der Waals surface area contributed by atoms with E-state index >= 15 is 0 Å². The average Bonchev–Trinajstić information content (AvgIpc) is 2.57. The molecule has 2 aromatic rings. The minimum Gasteiger partial charge on any atom is -0.388 e. The number of nitrogens with one attached hydrogen (secondary N) is 1. The van der Waals surface area contributed by atoms with E-state index in [1.807, 2.05) is 24.3 Å². The van der Waals surface area contributed by atoms with Crippen LogP contribution in [0.15, 0.2) is 48.8 Å². The van der Waals surface area contributed by atoms with Crippen LogP contribution in [0, 0.1) is 0 Å². The predicted molar refractivity (Wildman–Crippen MR) is 86.3 cm³/mol. The lowest BCUT2D eigenvalue weighted by Crippen LogP contribution is -2.19. The van der Waals surface area contributed by atoms with Gasteiger partial charge in [-0.3, -0.25) is 9.78 Å². The van der Waals surface area contributed by atoms with E-state index in [0.29, 0.717) is 6.42 Å². The second-order valence-electron chi connectivity index (χ2n) is 5.36. The molecular weight excluding hydrogens is 276 g/mol. The Balaban J connectivity index is 1.78. The van der Waals surface area contributed by atoms with E-state index in [0.717, 1.165) is 30.4 Å². The van der Waals surface area contributed by atoms with Gasteiger partial charge in [-0.1, -0.05) is 24.3 Å². The van der Waals surface area contributed by atoms with Gasteiger partial charge in [-0.15, -0.1) is 0 Å². The standard InChI is InChI=1S/C18H22N2O2/c1-19-18(22)13-15-7-5-14(6-8-15)3-2-4-17(21)16-9-11-20-12-10-16/h5-12,17,21H,2-4,13H2,1H3,(H,19,22). The fourth-order valence-corrected chi connectivity index (χ4v) is 2.35. The van der Waals surface area contributed by atoms with Crippen molar-refractivity contribution in [2.45, 2.75) is 31.8 Å². The molecule has 0 aliphatic heterocycles. The molecule has 1 aromatic heterocycles. The van der Waals surface area contributed by atoms with Gasteiger partial charge in [-0.25, -0.2) is 0 Å². The first-order valence-corrected chi connectivity index (χ1v) is 7.55. The third-order valence-corrected chi connectivity index (χ3v) is 3.70. The molecular formula is C18H22N2O2. The quantitative estimate of drug-likeness (QED) is 0.825. The van der Waals surface area contributed by atoms with Crippen molar-refractivity contribution in [3.63, 3.8) is 0 Å². The van der Waals surface area contributed by atoms with Crippen molar-refractivity contribution >= 4 is 5.91 Å². The van der Waals surface area contributed by atoms with Gasteiger partial charge < -0.3 is 10.4 Å². The van der Waals surface area contributed by atoms with Gasteiger partial charge in [-0.05, 0) is 48.1 Å². The molecule has 0 aliphatic carbocycles. The fraction of sp³-hybridized carbons (Fsp3) is 0.333. The number of aryl methyl sites for hydroxylation is 1.